The van der Waals surface area contributed by atoms with Crippen LogP contribution in [0, 0.1) is 24.3 Å². The number of hydrogen-bond acceptors (Lipinski definition) is 16. The third kappa shape index (κ3) is 47.0. The van der Waals surface area contributed by atoms with Crippen LogP contribution in [0.15, 0.2) is 263 Å². The van der Waals surface area contributed by atoms with E-state index in [1.165, 1.54) is 25.0 Å². The Hall–Kier alpha value is -6.35. The van der Waals surface area contributed by atoms with Gasteiger partial charge in [0.2, 0.25) is 0 Å². The molecule has 1 fully saturated rings. The van der Waals surface area contributed by atoms with Crippen LogP contribution in [0.25, 0.3) is 63.3 Å². The van der Waals surface area contributed by atoms with E-state index in [1.54, 1.807) is 76.7 Å². The number of benzene rings is 7. The second-order valence-corrected chi connectivity index (χ2v) is 22.9. The Morgan fingerprint density at radius 2 is 0.741 bits per heavy atom. The Balaban J connectivity index is -0.00000121. The molecule has 4 aromatic heterocycles. The van der Waals surface area contributed by atoms with Crippen LogP contribution in [0.4, 0.5) is 0 Å². The minimum atomic E-state index is -0.375. The summed E-state index contributed by atoms with van der Waals surface area (Å²) in [5, 5.41) is 60.8. The minimum absolute atomic E-state index is 0. The molecule has 12 rings (SSSR count). The van der Waals surface area contributed by atoms with Crippen LogP contribution in [-0.4, -0.2) is 94.7 Å². The summed E-state index contributed by atoms with van der Waals surface area (Å²) >= 11 is 5.60. The molecule has 1 saturated heterocycles. The molecule has 21 heteroatoms. The van der Waals surface area contributed by atoms with Crippen molar-refractivity contribution >= 4 is 36.3 Å². The summed E-state index contributed by atoms with van der Waals surface area (Å²) in [6.07, 6.45) is 14.5. The zero-order valence-electron chi connectivity index (χ0n) is 62.2. The van der Waals surface area contributed by atoms with Crippen molar-refractivity contribution < 1.29 is 204 Å². The molecule has 2 radical (unpaired) electrons. The number of hydrogen-bond donors (Lipinski definition) is 6. The first-order valence-electron chi connectivity index (χ1n) is 33.0. The van der Waals surface area contributed by atoms with Gasteiger partial charge in [0.25, 0.3) is 6.47 Å². The molecule has 7 aromatic carbocycles. The van der Waals surface area contributed by atoms with E-state index >= 15 is 0 Å². The van der Waals surface area contributed by atoms with Gasteiger partial charge in [0, 0.05) is 107 Å². The molecule has 5 heterocycles. The van der Waals surface area contributed by atoms with Gasteiger partial charge < -0.3 is 76.4 Å². The number of aliphatic hydroxyl groups excluding tert-OH is 4. The number of ether oxygens (including phenoxy) is 3. The Kier molecular flexibility index (Phi) is 61.8. The van der Waals surface area contributed by atoms with Gasteiger partial charge in [0.05, 0.1) is 24.4 Å². The molecule has 108 heavy (non-hydrogen) atoms. The maximum atomic E-state index is 9.05. The van der Waals surface area contributed by atoms with Crippen molar-refractivity contribution in [1.29, 1.82) is 0 Å². The van der Waals surface area contributed by atoms with E-state index < -0.39 is 0 Å². The molecule has 1 aliphatic heterocycles. The molecular weight excluding hydrogens is 1790 g/mol. The van der Waals surface area contributed by atoms with Gasteiger partial charge in [0.1, 0.15) is 13.2 Å². The molecule has 0 bridgehead atoms. The van der Waals surface area contributed by atoms with Crippen molar-refractivity contribution in [3.63, 3.8) is 0 Å². The number of carbonyl (C=O) groups is 1. The van der Waals surface area contributed by atoms with E-state index in [0.29, 0.717) is 31.9 Å². The number of rotatable bonds is 19. The van der Waals surface area contributed by atoms with E-state index in [1.807, 2.05) is 200 Å². The number of pyridine rings is 4. The van der Waals surface area contributed by atoms with E-state index in [-0.39, 0.29) is 194 Å². The van der Waals surface area contributed by atoms with Crippen LogP contribution in [0.2, 0.25) is 0 Å². The molecule has 566 valence electrons. The van der Waals surface area contributed by atoms with Crippen molar-refractivity contribution in [2.45, 2.75) is 104 Å². The zero-order chi connectivity index (χ0) is 74.7. The second-order valence-electron chi connectivity index (χ2n) is 22.6. The smallest absolute Gasteiger partial charge is 1.00 e. The van der Waals surface area contributed by atoms with Crippen molar-refractivity contribution in [2.75, 3.05) is 13.2 Å². The van der Waals surface area contributed by atoms with Gasteiger partial charge in [0.15, 0.2) is 0 Å². The number of nitrogens with zero attached hydrogens (tertiary/aromatic N) is 4. The number of aromatic nitrogens is 4. The standard InChI is InChI=1S/2C20H16NO.2C11H8NO.C9H9Cl.2C5H12O2.C4H8O.CH2O3.CH4.2Ir.2K.H/c2*1-2-16-6-8-17(9-7-16)15-22-19-12-10-18(11-13-19)20-5-3-4-14-21-20;2*13-10-6-4-9(5-7-10)11-3-1-2-8-12-11;1-2-8-3-5-9(7-10)6-4-8;2*1-4(6)3-5(2)7;1-2-4-5-3-1;2-1-4-3;;;;;;/h2*2-10,12-14H,1,15H2;2*1-4,6-8,13H;2-6H,1,7H2;2*4-7H,3H2,1-2H3;1-4H2;1,3H;1H4;;;;;/q4*-1;;;;;;;;;2*+1;-1/p-1. The van der Waals surface area contributed by atoms with Crippen LogP contribution >= 0.6 is 11.6 Å². The summed E-state index contributed by atoms with van der Waals surface area (Å²) in [4.78, 5) is 28.2. The fraction of sp³-hybridized carbons (Fsp3) is 0.207. The summed E-state index contributed by atoms with van der Waals surface area (Å²) in [5.74, 6) is 2.62. The Morgan fingerprint density at radius 3 is 0.926 bits per heavy atom. The van der Waals surface area contributed by atoms with Crippen LogP contribution in [0.1, 0.15) is 95.6 Å². The van der Waals surface area contributed by atoms with Crippen LogP contribution < -0.4 is 118 Å². The van der Waals surface area contributed by atoms with Gasteiger partial charge in [-0.1, -0.05) is 167 Å². The quantitative estimate of drug-likeness (QED) is 0.0110. The van der Waals surface area contributed by atoms with E-state index in [9.17, 15) is 0 Å². The van der Waals surface area contributed by atoms with E-state index in [0.717, 1.165) is 103 Å². The Labute approximate surface area is 757 Å². The number of phenols is 2. The maximum Gasteiger partial charge on any atom is 1.00 e. The van der Waals surface area contributed by atoms with Gasteiger partial charge in [-0.05, 0) is 134 Å². The second kappa shape index (κ2) is 64.3. The van der Waals surface area contributed by atoms with Gasteiger partial charge in [-0.3, -0.25) is 4.79 Å². The van der Waals surface area contributed by atoms with Crippen LogP contribution in [0.5, 0.6) is 23.0 Å². The molecule has 4 unspecified atom stereocenters. The first kappa shape index (κ1) is 104. The molecule has 16 nitrogen and oxygen atoms in total. The SMILES string of the molecule is C.C1CCOC1.C=Cc1ccc(CCl)cc1.C=Cc1ccc(COc2c[c-]c(-c3ccccn3)cc2)cc1.C=Cc1ccc(COc2c[c-]c(-c3ccccn3)cc2)cc1.CC(O)CC(C)O.CC(O)CC(C)O.O=CO[O-].Oc1c[c-]c(-c2ccccn2)cc1.Oc1c[c-]c(-c2ccccn2)cc1.[H-].[Ir].[Ir].[K+].[K+]. The molecule has 0 amide bonds. The topological polar surface area (TPSA) is 250 Å². The molecule has 4 atom stereocenters. The van der Waals surface area contributed by atoms with Crippen molar-refractivity contribution in [1.82, 2.24) is 19.9 Å². The van der Waals surface area contributed by atoms with Crippen molar-refractivity contribution in [2.24, 2.45) is 0 Å². The molecule has 6 N–H and O–H groups in total. The Bertz CT molecular complexity index is 3760. The third-order valence-corrected chi connectivity index (χ3v) is 14.1. The van der Waals surface area contributed by atoms with Gasteiger partial charge >= 0.3 is 103 Å². The number of phenolic OH excluding ortho intramolecular Hbond substituents is 2. The van der Waals surface area contributed by atoms with Gasteiger partial charge in [-0.25, -0.2) is 0 Å². The molecule has 0 spiro atoms. The Morgan fingerprint density at radius 1 is 0.463 bits per heavy atom. The predicted molar refractivity (Wildman–Crippen MR) is 416 cm³/mol. The summed E-state index contributed by atoms with van der Waals surface area (Å²) in [7, 11) is 0. The summed E-state index contributed by atoms with van der Waals surface area (Å²) in [6, 6.07) is 81.1. The maximum absolute atomic E-state index is 9.05. The van der Waals surface area contributed by atoms with E-state index in [2.05, 4.69) is 68.8 Å². The summed E-state index contributed by atoms with van der Waals surface area (Å²) in [5.41, 5.74) is 14.0. The van der Waals surface area contributed by atoms with Crippen molar-refractivity contribution in [3.05, 3.63) is 321 Å². The number of aromatic hydroxyl groups is 2. The third-order valence-electron chi connectivity index (χ3n) is 13.8. The summed E-state index contributed by atoms with van der Waals surface area (Å²) < 4.78 is 16.5. The first-order valence-corrected chi connectivity index (χ1v) is 33.6. The summed E-state index contributed by atoms with van der Waals surface area (Å²) in [6.45, 7) is 20.7. The largest absolute Gasteiger partial charge is 1.00 e. The molecular formula is C87H95ClIr2K2N4O12-4. The number of carbonyl (C=O) groups excluding carboxylic acids is 1. The molecule has 0 aliphatic carbocycles. The fourth-order valence-corrected chi connectivity index (χ4v) is 8.81. The monoisotopic (exact) mass is 1890 g/mol. The average Bonchev–Trinajstić information content (AvgIpc) is 1.27. The van der Waals surface area contributed by atoms with E-state index in [4.69, 9.17) is 66.5 Å². The number of alkyl halides is 1. The number of aliphatic hydroxyl groups is 4. The molecule has 11 aromatic rings. The molecule has 0 saturated carbocycles. The van der Waals surface area contributed by atoms with Crippen molar-refractivity contribution in [3.8, 4) is 68.0 Å². The number of halogens is 1. The van der Waals surface area contributed by atoms with Crippen LogP contribution in [-0.2, 0) is 73.7 Å². The van der Waals surface area contributed by atoms with Crippen LogP contribution in [0.3, 0.4) is 0 Å². The van der Waals surface area contributed by atoms with Gasteiger partial charge in [-0.2, -0.15) is 0 Å². The zero-order valence-corrected chi connectivity index (χ0v) is 73.0. The average molecular weight is 1890 g/mol. The minimum Gasteiger partial charge on any atom is -1.00 e. The predicted octanol–water partition coefficient (Wildman–Crippen LogP) is 11.4. The fourth-order valence-electron chi connectivity index (χ4n) is 8.63. The first-order chi connectivity index (χ1) is 49.9. The van der Waals surface area contributed by atoms with Gasteiger partial charge in [-0.15, -0.1) is 131 Å². The normalized spacial score (nSPS) is 11.1. The molecule has 1 aliphatic rings.